The van der Waals surface area contributed by atoms with Crippen LogP contribution in [0.2, 0.25) is 0 Å². The van der Waals surface area contributed by atoms with Crippen LogP contribution in [0.3, 0.4) is 0 Å². The molecule has 1 unspecified atom stereocenters. The van der Waals surface area contributed by atoms with Crippen molar-refractivity contribution in [2.45, 2.75) is 18.9 Å². The molecule has 1 aliphatic heterocycles. The number of nitrogens with two attached hydrogens (primary N) is 1. The Bertz CT molecular complexity index is 405. The molecule has 1 aromatic carbocycles. The van der Waals surface area contributed by atoms with E-state index in [1.807, 2.05) is 0 Å². The van der Waals surface area contributed by atoms with Gasteiger partial charge in [-0.15, -0.1) is 0 Å². The smallest absolute Gasteiger partial charge is 0.251 e. The van der Waals surface area contributed by atoms with Crippen LogP contribution in [0.5, 0.6) is 0 Å². The molecule has 0 spiro atoms. The van der Waals surface area contributed by atoms with Crippen molar-refractivity contribution in [2.75, 3.05) is 25.9 Å². The molecule has 1 aromatic rings. The molecule has 1 fully saturated rings. The van der Waals surface area contributed by atoms with Gasteiger partial charge < -0.3 is 16.0 Å². The third kappa shape index (κ3) is 3.20. The van der Waals surface area contributed by atoms with E-state index >= 15 is 0 Å². The highest BCUT2D eigenvalue weighted by Crippen LogP contribution is 2.10. The maximum atomic E-state index is 12.0. The van der Waals surface area contributed by atoms with Gasteiger partial charge in [0.2, 0.25) is 0 Å². The molecule has 0 aliphatic carbocycles. The van der Waals surface area contributed by atoms with Crippen LogP contribution in [0, 0.1) is 0 Å². The molecule has 0 bridgehead atoms. The van der Waals surface area contributed by atoms with Crippen molar-refractivity contribution >= 4 is 11.6 Å². The predicted molar refractivity (Wildman–Crippen MR) is 68.8 cm³/mol. The summed E-state index contributed by atoms with van der Waals surface area (Å²) in [6.07, 6.45) is 2.19. The second-order valence-corrected chi connectivity index (χ2v) is 4.70. The fourth-order valence-corrected chi connectivity index (χ4v) is 2.23. The maximum Gasteiger partial charge on any atom is 0.251 e. The van der Waals surface area contributed by atoms with Gasteiger partial charge in [-0.05, 0) is 44.6 Å². The highest BCUT2D eigenvalue weighted by molar-refractivity contribution is 5.95. The Morgan fingerprint density at radius 3 is 3.06 bits per heavy atom. The van der Waals surface area contributed by atoms with Crippen LogP contribution in [0.25, 0.3) is 0 Å². The normalized spacial score (nSPS) is 21.1. The number of nitrogen functional groups attached to an aromatic ring is 1. The van der Waals surface area contributed by atoms with Crippen LogP contribution in [0.4, 0.5) is 5.69 Å². The number of amides is 1. The van der Waals surface area contributed by atoms with Crippen molar-refractivity contribution in [3.8, 4) is 0 Å². The van der Waals surface area contributed by atoms with E-state index in [4.69, 9.17) is 5.73 Å². The summed E-state index contributed by atoms with van der Waals surface area (Å²) in [6.45, 7) is 2.04. The van der Waals surface area contributed by atoms with Gasteiger partial charge in [-0.25, -0.2) is 0 Å². The number of likely N-dealkylation sites (N-methyl/N-ethyl adjacent to an activating group) is 1. The lowest BCUT2D eigenvalue weighted by Crippen LogP contribution is -2.46. The summed E-state index contributed by atoms with van der Waals surface area (Å²) in [6, 6.07) is 7.34. The number of benzene rings is 1. The van der Waals surface area contributed by atoms with Crippen molar-refractivity contribution in [2.24, 2.45) is 0 Å². The predicted octanol–water partition coefficient (Wildman–Crippen LogP) is 1.09. The fourth-order valence-electron chi connectivity index (χ4n) is 2.23. The molecule has 1 saturated heterocycles. The first kappa shape index (κ1) is 11.9. The molecule has 4 nitrogen and oxygen atoms in total. The van der Waals surface area contributed by atoms with Crippen molar-refractivity contribution < 1.29 is 4.79 Å². The largest absolute Gasteiger partial charge is 0.399 e. The first-order chi connectivity index (χ1) is 8.15. The molecule has 1 heterocycles. The van der Waals surface area contributed by atoms with Gasteiger partial charge in [-0.1, -0.05) is 6.07 Å². The van der Waals surface area contributed by atoms with Crippen molar-refractivity contribution in [3.05, 3.63) is 29.8 Å². The summed E-state index contributed by atoms with van der Waals surface area (Å²) in [7, 11) is 2.08. The first-order valence-electron chi connectivity index (χ1n) is 6.00. The Hall–Kier alpha value is -1.55. The molecular formula is C13H19N3O. The van der Waals surface area contributed by atoms with Crippen LogP contribution < -0.4 is 11.1 Å². The van der Waals surface area contributed by atoms with E-state index in [-0.39, 0.29) is 11.9 Å². The summed E-state index contributed by atoms with van der Waals surface area (Å²) in [5, 5.41) is 3.06. The second kappa shape index (κ2) is 5.19. The highest BCUT2D eigenvalue weighted by Gasteiger charge is 2.19. The zero-order valence-electron chi connectivity index (χ0n) is 10.1. The average molecular weight is 233 g/mol. The summed E-state index contributed by atoms with van der Waals surface area (Å²) in [4.78, 5) is 14.2. The summed E-state index contributed by atoms with van der Waals surface area (Å²) in [5.74, 6) is -0.0300. The van der Waals surface area contributed by atoms with E-state index in [1.165, 1.54) is 0 Å². The van der Waals surface area contributed by atoms with Gasteiger partial charge >= 0.3 is 0 Å². The fraction of sp³-hybridized carbons (Fsp3) is 0.462. The molecule has 1 aliphatic rings. The Morgan fingerprint density at radius 1 is 1.53 bits per heavy atom. The van der Waals surface area contributed by atoms with Gasteiger partial charge in [-0.2, -0.15) is 0 Å². The third-order valence-electron chi connectivity index (χ3n) is 3.11. The van der Waals surface area contributed by atoms with Crippen LogP contribution in [0.1, 0.15) is 23.2 Å². The average Bonchev–Trinajstić information content (AvgIpc) is 2.29. The van der Waals surface area contributed by atoms with Gasteiger partial charge in [0.1, 0.15) is 0 Å². The Kier molecular flexibility index (Phi) is 3.64. The monoisotopic (exact) mass is 233 g/mol. The van der Waals surface area contributed by atoms with Crippen molar-refractivity contribution in [1.82, 2.24) is 10.2 Å². The molecule has 1 atom stereocenters. The van der Waals surface area contributed by atoms with Gasteiger partial charge in [-0.3, -0.25) is 4.79 Å². The molecule has 92 valence electrons. The van der Waals surface area contributed by atoms with Crippen molar-refractivity contribution in [3.63, 3.8) is 0 Å². The van der Waals surface area contributed by atoms with Gasteiger partial charge in [0.05, 0.1) is 0 Å². The van der Waals surface area contributed by atoms with Crippen LogP contribution in [0.15, 0.2) is 24.3 Å². The van der Waals surface area contributed by atoms with E-state index in [0.717, 1.165) is 25.9 Å². The number of rotatable bonds is 2. The van der Waals surface area contributed by atoms with E-state index in [2.05, 4.69) is 17.3 Å². The lowest BCUT2D eigenvalue weighted by Gasteiger charge is -2.30. The van der Waals surface area contributed by atoms with Crippen LogP contribution >= 0.6 is 0 Å². The van der Waals surface area contributed by atoms with Crippen LogP contribution in [-0.4, -0.2) is 37.0 Å². The molecule has 1 amide bonds. The Labute approximate surface area is 102 Å². The summed E-state index contributed by atoms with van der Waals surface area (Å²) in [5.41, 5.74) is 6.92. The molecular weight excluding hydrogens is 214 g/mol. The number of nitrogens with one attached hydrogen (secondary N) is 1. The number of hydrogen-bond donors (Lipinski definition) is 2. The highest BCUT2D eigenvalue weighted by atomic mass is 16.1. The van der Waals surface area contributed by atoms with E-state index in [1.54, 1.807) is 24.3 Å². The zero-order valence-corrected chi connectivity index (χ0v) is 10.1. The third-order valence-corrected chi connectivity index (χ3v) is 3.11. The summed E-state index contributed by atoms with van der Waals surface area (Å²) < 4.78 is 0. The minimum Gasteiger partial charge on any atom is -0.399 e. The maximum absolute atomic E-state index is 12.0. The topological polar surface area (TPSA) is 58.4 Å². The number of anilines is 1. The lowest BCUT2D eigenvalue weighted by atomic mass is 10.1. The molecule has 17 heavy (non-hydrogen) atoms. The second-order valence-electron chi connectivity index (χ2n) is 4.70. The lowest BCUT2D eigenvalue weighted by molar-refractivity contribution is 0.0912. The van der Waals surface area contributed by atoms with E-state index in [9.17, 15) is 4.79 Å². The van der Waals surface area contributed by atoms with Gasteiger partial charge in [0, 0.05) is 23.8 Å². The molecule has 0 radical (unpaired) electrons. The van der Waals surface area contributed by atoms with Gasteiger partial charge in [0.15, 0.2) is 0 Å². The number of carbonyl (C=O) groups is 1. The minimum atomic E-state index is -0.0300. The molecule has 4 heteroatoms. The zero-order chi connectivity index (χ0) is 12.3. The molecule has 0 aromatic heterocycles. The SMILES string of the molecule is CN1CCCC(NC(=O)c2cccc(N)c2)C1. The quantitative estimate of drug-likeness (QED) is 0.752. The number of likely N-dealkylation sites (tertiary alicyclic amines) is 1. The molecule has 0 saturated carbocycles. The molecule has 3 N–H and O–H groups in total. The number of piperidine rings is 1. The number of hydrogen-bond acceptors (Lipinski definition) is 3. The molecule has 2 rings (SSSR count). The van der Waals surface area contributed by atoms with E-state index < -0.39 is 0 Å². The van der Waals surface area contributed by atoms with E-state index in [0.29, 0.717) is 11.3 Å². The van der Waals surface area contributed by atoms with Crippen LogP contribution in [-0.2, 0) is 0 Å². The van der Waals surface area contributed by atoms with Gasteiger partial charge in [0.25, 0.3) is 5.91 Å². The Balaban J connectivity index is 1.97. The standard InChI is InChI=1S/C13H19N3O/c1-16-7-3-6-12(9-16)15-13(17)10-4-2-5-11(14)8-10/h2,4-5,8,12H,3,6-7,9,14H2,1H3,(H,15,17). The Morgan fingerprint density at radius 2 is 2.35 bits per heavy atom. The first-order valence-corrected chi connectivity index (χ1v) is 6.00. The van der Waals surface area contributed by atoms with Crippen molar-refractivity contribution in [1.29, 1.82) is 0 Å². The number of nitrogens with zero attached hydrogens (tertiary/aromatic N) is 1. The number of carbonyl (C=O) groups excluding carboxylic acids is 1. The minimum absolute atomic E-state index is 0.0300. The summed E-state index contributed by atoms with van der Waals surface area (Å²) >= 11 is 0.